The fourth-order valence-corrected chi connectivity index (χ4v) is 2.05. The summed E-state index contributed by atoms with van der Waals surface area (Å²) in [5.74, 6) is 0.961. The Hall–Kier alpha value is -1.66. The van der Waals surface area contributed by atoms with Gasteiger partial charge in [-0.3, -0.25) is 10.1 Å². The Morgan fingerprint density at radius 2 is 2.05 bits per heavy atom. The maximum Gasteiger partial charge on any atom is 0.273 e. The molecule has 1 aromatic rings. The first-order chi connectivity index (χ1) is 9.83. The highest BCUT2D eigenvalue weighted by Crippen LogP contribution is 2.23. The number of rotatable bonds is 8. The van der Waals surface area contributed by atoms with Crippen molar-refractivity contribution >= 4 is 5.69 Å². The maximum atomic E-state index is 10.9. The third-order valence-electron chi connectivity index (χ3n) is 3.55. The minimum absolute atomic E-state index is 0.0524. The first kappa shape index (κ1) is 17.4. The van der Waals surface area contributed by atoms with Crippen LogP contribution < -0.4 is 10.5 Å². The number of nitrogens with zero attached hydrogens (tertiary/aromatic N) is 2. The largest absolute Gasteiger partial charge is 0.496 e. The van der Waals surface area contributed by atoms with Gasteiger partial charge in [-0.05, 0) is 37.6 Å². The van der Waals surface area contributed by atoms with Crippen molar-refractivity contribution in [3.63, 3.8) is 0 Å². The Bertz CT molecular complexity index is 477. The second-order valence-electron chi connectivity index (χ2n) is 5.73. The van der Waals surface area contributed by atoms with Crippen LogP contribution in [-0.2, 0) is 6.54 Å². The first-order valence-corrected chi connectivity index (χ1v) is 7.10. The lowest BCUT2D eigenvalue weighted by Crippen LogP contribution is -2.31. The molecule has 0 radical (unpaired) electrons. The summed E-state index contributed by atoms with van der Waals surface area (Å²) < 4.78 is 5.11. The molecular weight excluding hydrogens is 270 g/mol. The molecule has 1 rings (SSSR count). The molecule has 0 saturated heterocycles. The van der Waals surface area contributed by atoms with Gasteiger partial charge in [0.2, 0.25) is 0 Å². The summed E-state index contributed by atoms with van der Waals surface area (Å²) in [7, 11) is 3.49. The standard InChI is InChI=1S/C15H25N3O3/c1-11(2)15(16)5-6-17(3)10-12-7-13(18(19)20)9-14(8-12)21-4/h7-9,11,15H,5-6,10,16H2,1-4H3. The summed E-state index contributed by atoms with van der Waals surface area (Å²) in [4.78, 5) is 12.6. The van der Waals surface area contributed by atoms with Gasteiger partial charge in [-0.15, -0.1) is 0 Å². The Kier molecular flexibility index (Phi) is 6.58. The second-order valence-corrected chi connectivity index (χ2v) is 5.73. The molecule has 1 unspecified atom stereocenters. The molecular formula is C15H25N3O3. The van der Waals surface area contributed by atoms with Gasteiger partial charge in [-0.25, -0.2) is 0 Å². The predicted molar refractivity (Wildman–Crippen MR) is 83.4 cm³/mol. The fraction of sp³-hybridized carbons (Fsp3) is 0.600. The highest BCUT2D eigenvalue weighted by Gasteiger charge is 2.13. The van der Waals surface area contributed by atoms with E-state index in [4.69, 9.17) is 10.5 Å². The van der Waals surface area contributed by atoms with E-state index in [1.165, 1.54) is 13.2 Å². The number of ether oxygens (including phenoxy) is 1. The Morgan fingerprint density at radius 3 is 2.57 bits per heavy atom. The minimum Gasteiger partial charge on any atom is -0.496 e. The van der Waals surface area contributed by atoms with E-state index in [-0.39, 0.29) is 11.7 Å². The molecule has 1 aromatic carbocycles. The van der Waals surface area contributed by atoms with Crippen molar-refractivity contribution in [3.05, 3.63) is 33.9 Å². The van der Waals surface area contributed by atoms with Crippen LogP contribution >= 0.6 is 0 Å². The molecule has 21 heavy (non-hydrogen) atoms. The van der Waals surface area contributed by atoms with Gasteiger partial charge in [-0.2, -0.15) is 0 Å². The summed E-state index contributed by atoms with van der Waals surface area (Å²) in [6, 6.07) is 5.01. The van der Waals surface area contributed by atoms with Crippen molar-refractivity contribution in [2.24, 2.45) is 11.7 Å². The molecule has 0 aliphatic rings. The molecule has 6 heteroatoms. The number of nitro benzene ring substituents is 1. The van der Waals surface area contributed by atoms with Crippen molar-refractivity contribution in [2.45, 2.75) is 32.9 Å². The van der Waals surface area contributed by atoms with Crippen LogP contribution in [0.3, 0.4) is 0 Å². The van der Waals surface area contributed by atoms with Gasteiger partial charge in [0.1, 0.15) is 5.75 Å². The molecule has 0 aliphatic carbocycles. The number of nitrogens with two attached hydrogens (primary N) is 1. The van der Waals surface area contributed by atoms with Gasteiger partial charge < -0.3 is 15.4 Å². The van der Waals surface area contributed by atoms with Crippen LogP contribution in [0.1, 0.15) is 25.8 Å². The van der Waals surface area contributed by atoms with Crippen molar-refractivity contribution in [1.29, 1.82) is 0 Å². The van der Waals surface area contributed by atoms with E-state index < -0.39 is 4.92 Å². The third-order valence-corrected chi connectivity index (χ3v) is 3.55. The monoisotopic (exact) mass is 295 g/mol. The van der Waals surface area contributed by atoms with E-state index in [1.807, 2.05) is 13.1 Å². The van der Waals surface area contributed by atoms with E-state index in [0.717, 1.165) is 18.5 Å². The van der Waals surface area contributed by atoms with Crippen LogP contribution in [0.15, 0.2) is 18.2 Å². The zero-order chi connectivity index (χ0) is 16.0. The summed E-state index contributed by atoms with van der Waals surface area (Å²) in [5, 5.41) is 10.9. The topological polar surface area (TPSA) is 81.6 Å². The van der Waals surface area contributed by atoms with Gasteiger partial charge >= 0.3 is 0 Å². The average Bonchev–Trinajstić information content (AvgIpc) is 2.43. The van der Waals surface area contributed by atoms with Gasteiger partial charge in [-0.1, -0.05) is 13.8 Å². The smallest absolute Gasteiger partial charge is 0.273 e. The van der Waals surface area contributed by atoms with Crippen molar-refractivity contribution in [3.8, 4) is 5.75 Å². The summed E-state index contributed by atoms with van der Waals surface area (Å²) >= 11 is 0. The van der Waals surface area contributed by atoms with Crippen LogP contribution in [0.25, 0.3) is 0 Å². The van der Waals surface area contributed by atoms with Gasteiger partial charge in [0.25, 0.3) is 5.69 Å². The van der Waals surface area contributed by atoms with Crippen molar-refractivity contribution in [2.75, 3.05) is 20.7 Å². The van der Waals surface area contributed by atoms with E-state index in [9.17, 15) is 10.1 Å². The normalized spacial score (nSPS) is 12.7. The number of non-ortho nitro benzene ring substituents is 1. The van der Waals surface area contributed by atoms with Crippen LogP contribution in [-0.4, -0.2) is 36.6 Å². The Balaban J connectivity index is 2.69. The molecule has 6 nitrogen and oxygen atoms in total. The molecule has 0 saturated carbocycles. The lowest BCUT2D eigenvalue weighted by molar-refractivity contribution is -0.385. The third kappa shape index (κ3) is 5.69. The van der Waals surface area contributed by atoms with Crippen LogP contribution in [0.2, 0.25) is 0 Å². The second kappa shape index (κ2) is 7.95. The summed E-state index contributed by atoms with van der Waals surface area (Å²) in [6.07, 6.45) is 0.903. The van der Waals surface area contributed by atoms with Gasteiger partial charge in [0.05, 0.1) is 18.1 Å². The summed E-state index contributed by atoms with van der Waals surface area (Å²) in [6.45, 7) is 5.69. The molecule has 1 atom stereocenters. The highest BCUT2D eigenvalue weighted by molar-refractivity contribution is 5.42. The lowest BCUT2D eigenvalue weighted by Gasteiger charge is -2.21. The molecule has 0 fully saturated rings. The SMILES string of the molecule is COc1cc(CN(C)CCC(N)C(C)C)cc([N+](=O)[O-])c1. The van der Waals surface area contributed by atoms with Crippen molar-refractivity contribution < 1.29 is 9.66 Å². The van der Waals surface area contributed by atoms with E-state index >= 15 is 0 Å². The molecule has 0 spiro atoms. The van der Waals surface area contributed by atoms with Gasteiger partial charge in [0.15, 0.2) is 0 Å². The maximum absolute atomic E-state index is 10.9. The fourth-order valence-electron chi connectivity index (χ4n) is 2.05. The molecule has 0 bridgehead atoms. The molecule has 0 amide bonds. The lowest BCUT2D eigenvalue weighted by atomic mass is 10.0. The van der Waals surface area contributed by atoms with E-state index in [1.54, 1.807) is 6.07 Å². The summed E-state index contributed by atoms with van der Waals surface area (Å²) in [5.41, 5.74) is 6.95. The zero-order valence-corrected chi connectivity index (χ0v) is 13.2. The van der Waals surface area contributed by atoms with Crippen LogP contribution in [0.5, 0.6) is 5.75 Å². The molecule has 0 aliphatic heterocycles. The van der Waals surface area contributed by atoms with E-state index in [0.29, 0.717) is 18.2 Å². The average molecular weight is 295 g/mol. The first-order valence-electron chi connectivity index (χ1n) is 7.10. The van der Waals surface area contributed by atoms with Crippen LogP contribution in [0.4, 0.5) is 5.69 Å². The van der Waals surface area contributed by atoms with E-state index in [2.05, 4.69) is 18.7 Å². The number of methoxy groups -OCH3 is 1. The predicted octanol–water partition coefficient (Wildman–Crippen LogP) is 2.41. The number of nitro groups is 1. The minimum atomic E-state index is -0.402. The molecule has 2 N–H and O–H groups in total. The van der Waals surface area contributed by atoms with Gasteiger partial charge in [0, 0.05) is 18.7 Å². The number of benzene rings is 1. The van der Waals surface area contributed by atoms with Crippen molar-refractivity contribution in [1.82, 2.24) is 4.90 Å². The number of hydrogen-bond donors (Lipinski definition) is 1. The Labute approximate surface area is 126 Å². The Morgan fingerprint density at radius 1 is 1.38 bits per heavy atom. The zero-order valence-electron chi connectivity index (χ0n) is 13.2. The molecule has 0 heterocycles. The number of hydrogen-bond acceptors (Lipinski definition) is 5. The molecule has 118 valence electrons. The highest BCUT2D eigenvalue weighted by atomic mass is 16.6. The van der Waals surface area contributed by atoms with Crippen LogP contribution in [0, 0.1) is 16.0 Å². The molecule has 0 aromatic heterocycles. The quantitative estimate of drug-likeness (QED) is 0.588.